The van der Waals surface area contributed by atoms with E-state index in [1.54, 1.807) is 0 Å². The van der Waals surface area contributed by atoms with Crippen molar-refractivity contribution in [3.8, 4) is 0 Å². The third-order valence-corrected chi connectivity index (χ3v) is 5.31. The molecule has 5 nitrogen and oxygen atoms in total. The molecule has 1 saturated heterocycles. The normalized spacial score (nSPS) is 17.0. The molecule has 0 amide bonds. The number of anilines is 2. The van der Waals surface area contributed by atoms with Gasteiger partial charge in [0.05, 0.1) is 0 Å². The fraction of sp³-hybridized carbons (Fsp3) is 0.818. The molecular weight excluding hydrogens is 334 g/mol. The van der Waals surface area contributed by atoms with Gasteiger partial charge in [-0.3, -0.25) is 0 Å². The standard InChI is InChI=1S/C22H41N5/c1-19(18-22(2,3)4)11-16-26(5)17-13-24-21-23-12-10-20(25-21)27-14-8-6-7-9-15-27/h10,12,19H,6-9,11,13-18H2,1-5H3,(H,23,24,25). The van der Waals surface area contributed by atoms with E-state index < -0.39 is 0 Å². The molecule has 2 heterocycles. The van der Waals surface area contributed by atoms with E-state index in [-0.39, 0.29) is 0 Å². The highest BCUT2D eigenvalue weighted by Gasteiger charge is 2.15. The Morgan fingerprint density at radius 2 is 1.85 bits per heavy atom. The van der Waals surface area contributed by atoms with Gasteiger partial charge in [-0.25, -0.2) is 4.98 Å². The number of nitrogens with one attached hydrogen (secondary N) is 1. The first-order valence-corrected chi connectivity index (χ1v) is 10.8. The van der Waals surface area contributed by atoms with Crippen LogP contribution in [0.4, 0.5) is 11.8 Å². The molecule has 1 aliphatic heterocycles. The maximum absolute atomic E-state index is 4.73. The Morgan fingerprint density at radius 1 is 1.15 bits per heavy atom. The molecule has 2 rings (SSSR count). The predicted molar refractivity (Wildman–Crippen MR) is 117 cm³/mol. The summed E-state index contributed by atoms with van der Waals surface area (Å²) in [6.45, 7) is 14.6. The van der Waals surface area contributed by atoms with Crippen LogP contribution in [0.5, 0.6) is 0 Å². The summed E-state index contributed by atoms with van der Waals surface area (Å²) >= 11 is 0. The maximum atomic E-state index is 4.73. The molecule has 154 valence electrons. The number of rotatable bonds is 9. The summed E-state index contributed by atoms with van der Waals surface area (Å²) < 4.78 is 0. The van der Waals surface area contributed by atoms with E-state index in [4.69, 9.17) is 4.98 Å². The molecule has 0 aromatic carbocycles. The van der Waals surface area contributed by atoms with Gasteiger partial charge in [0.15, 0.2) is 0 Å². The third-order valence-electron chi connectivity index (χ3n) is 5.31. The average Bonchev–Trinajstić information content (AvgIpc) is 2.88. The third kappa shape index (κ3) is 8.91. The molecule has 1 aromatic heterocycles. The molecule has 0 saturated carbocycles. The molecule has 1 N–H and O–H groups in total. The number of nitrogens with zero attached hydrogens (tertiary/aromatic N) is 4. The Kier molecular flexibility index (Phi) is 8.81. The molecule has 0 aliphatic carbocycles. The summed E-state index contributed by atoms with van der Waals surface area (Å²) in [7, 11) is 2.21. The summed E-state index contributed by atoms with van der Waals surface area (Å²) in [4.78, 5) is 13.9. The first kappa shape index (κ1) is 21.9. The molecule has 1 aliphatic rings. The zero-order chi connectivity index (χ0) is 19.7. The first-order chi connectivity index (χ1) is 12.8. The highest BCUT2D eigenvalue weighted by molar-refractivity contribution is 5.42. The number of hydrogen-bond donors (Lipinski definition) is 1. The van der Waals surface area contributed by atoms with Crippen LogP contribution in [-0.2, 0) is 0 Å². The van der Waals surface area contributed by atoms with Crippen molar-refractivity contribution in [3.05, 3.63) is 12.3 Å². The minimum Gasteiger partial charge on any atom is -0.356 e. The van der Waals surface area contributed by atoms with E-state index >= 15 is 0 Å². The maximum Gasteiger partial charge on any atom is 0.224 e. The summed E-state index contributed by atoms with van der Waals surface area (Å²) in [5.41, 5.74) is 0.426. The molecular formula is C22H41N5. The topological polar surface area (TPSA) is 44.3 Å². The van der Waals surface area contributed by atoms with Crippen molar-refractivity contribution in [1.82, 2.24) is 14.9 Å². The lowest BCUT2D eigenvalue weighted by atomic mass is 9.84. The van der Waals surface area contributed by atoms with Gasteiger partial charge in [0.25, 0.3) is 0 Å². The van der Waals surface area contributed by atoms with Crippen LogP contribution in [-0.4, -0.2) is 54.6 Å². The lowest BCUT2D eigenvalue weighted by Crippen LogP contribution is -2.28. The lowest BCUT2D eigenvalue weighted by Gasteiger charge is -2.25. The van der Waals surface area contributed by atoms with Crippen LogP contribution in [0, 0.1) is 11.3 Å². The van der Waals surface area contributed by atoms with Gasteiger partial charge in [-0.1, -0.05) is 40.5 Å². The van der Waals surface area contributed by atoms with Crippen molar-refractivity contribution in [1.29, 1.82) is 0 Å². The van der Waals surface area contributed by atoms with E-state index in [1.165, 1.54) is 38.5 Å². The molecule has 1 unspecified atom stereocenters. The van der Waals surface area contributed by atoms with Gasteiger partial charge in [-0.05, 0) is 56.7 Å². The van der Waals surface area contributed by atoms with Gasteiger partial charge in [0.1, 0.15) is 5.82 Å². The zero-order valence-electron chi connectivity index (χ0n) is 18.3. The molecule has 5 heteroatoms. The summed E-state index contributed by atoms with van der Waals surface area (Å²) in [6.07, 6.45) is 9.65. The van der Waals surface area contributed by atoms with Gasteiger partial charge in [-0.2, -0.15) is 4.98 Å². The largest absolute Gasteiger partial charge is 0.356 e. The Labute approximate surface area is 167 Å². The Balaban J connectivity index is 1.71. The summed E-state index contributed by atoms with van der Waals surface area (Å²) in [5, 5.41) is 3.41. The highest BCUT2D eigenvalue weighted by atomic mass is 15.2. The summed E-state index contributed by atoms with van der Waals surface area (Å²) in [6, 6.07) is 2.04. The smallest absolute Gasteiger partial charge is 0.224 e. The van der Waals surface area contributed by atoms with E-state index in [0.29, 0.717) is 5.41 Å². The molecule has 1 atom stereocenters. The molecule has 0 radical (unpaired) electrons. The van der Waals surface area contributed by atoms with Crippen LogP contribution in [0.15, 0.2) is 12.3 Å². The number of hydrogen-bond acceptors (Lipinski definition) is 5. The number of likely N-dealkylation sites (N-methyl/N-ethyl adjacent to an activating group) is 1. The minimum absolute atomic E-state index is 0.426. The lowest BCUT2D eigenvalue weighted by molar-refractivity contribution is 0.259. The van der Waals surface area contributed by atoms with Crippen LogP contribution in [0.1, 0.15) is 66.2 Å². The fourth-order valence-corrected chi connectivity index (χ4v) is 3.97. The second-order valence-electron chi connectivity index (χ2n) is 9.53. The molecule has 1 fully saturated rings. The van der Waals surface area contributed by atoms with Crippen molar-refractivity contribution in [3.63, 3.8) is 0 Å². The molecule has 0 spiro atoms. The Bertz CT molecular complexity index is 532. The fourth-order valence-electron chi connectivity index (χ4n) is 3.97. The first-order valence-electron chi connectivity index (χ1n) is 10.8. The van der Waals surface area contributed by atoms with Gasteiger partial charge >= 0.3 is 0 Å². The zero-order valence-corrected chi connectivity index (χ0v) is 18.3. The minimum atomic E-state index is 0.426. The SMILES string of the molecule is CC(CCN(C)CCNc1nccc(N2CCCCCC2)n1)CC(C)(C)C. The second kappa shape index (κ2) is 10.8. The van der Waals surface area contributed by atoms with Crippen molar-refractivity contribution in [2.75, 3.05) is 50.0 Å². The van der Waals surface area contributed by atoms with Crippen molar-refractivity contribution >= 4 is 11.8 Å². The number of aromatic nitrogens is 2. The van der Waals surface area contributed by atoms with E-state index in [1.807, 2.05) is 12.3 Å². The second-order valence-corrected chi connectivity index (χ2v) is 9.53. The highest BCUT2D eigenvalue weighted by Crippen LogP contribution is 2.25. The van der Waals surface area contributed by atoms with Crippen LogP contribution >= 0.6 is 0 Å². The molecule has 0 bridgehead atoms. The Morgan fingerprint density at radius 3 is 2.52 bits per heavy atom. The monoisotopic (exact) mass is 375 g/mol. The van der Waals surface area contributed by atoms with E-state index in [2.05, 4.69) is 54.8 Å². The van der Waals surface area contributed by atoms with Crippen LogP contribution < -0.4 is 10.2 Å². The van der Waals surface area contributed by atoms with Crippen molar-refractivity contribution < 1.29 is 0 Å². The van der Waals surface area contributed by atoms with Gasteiger partial charge in [-0.15, -0.1) is 0 Å². The van der Waals surface area contributed by atoms with Crippen LogP contribution in [0.25, 0.3) is 0 Å². The van der Waals surface area contributed by atoms with Crippen LogP contribution in [0.3, 0.4) is 0 Å². The average molecular weight is 376 g/mol. The summed E-state index contributed by atoms with van der Waals surface area (Å²) in [5.74, 6) is 2.60. The van der Waals surface area contributed by atoms with Crippen molar-refractivity contribution in [2.45, 2.75) is 66.2 Å². The van der Waals surface area contributed by atoms with Crippen molar-refractivity contribution in [2.24, 2.45) is 11.3 Å². The van der Waals surface area contributed by atoms with Gasteiger partial charge in [0.2, 0.25) is 5.95 Å². The van der Waals surface area contributed by atoms with Gasteiger partial charge < -0.3 is 15.1 Å². The van der Waals surface area contributed by atoms with E-state index in [0.717, 1.165) is 50.4 Å². The van der Waals surface area contributed by atoms with Crippen LogP contribution in [0.2, 0.25) is 0 Å². The quantitative estimate of drug-likeness (QED) is 0.680. The van der Waals surface area contributed by atoms with Gasteiger partial charge in [0, 0.05) is 32.4 Å². The predicted octanol–water partition coefficient (Wildman–Crippen LogP) is 4.66. The van der Waals surface area contributed by atoms with E-state index in [9.17, 15) is 0 Å². The molecule has 1 aromatic rings. The Hall–Kier alpha value is -1.36. The molecule has 27 heavy (non-hydrogen) atoms.